The van der Waals surface area contributed by atoms with Crippen LogP contribution in [-0.4, -0.2) is 32.2 Å². The second-order valence-corrected chi connectivity index (χ2v) is 9.50. The van der Waals surface area contributed by atoms with E-state index >= 15 is 0 Å². The summed E-state index contributed by atoms with van der Waals surface area (Å²) < 4.78 is 35.1. The van der Waals surface area contributed by atoms with E-state index in [0.29, 0.717) is 12.1 Å². The lowest BCUT2D eigenvalue weighted by Crippen LogP contribution is -2.31. The van der Waals surface area contributed by atoms with Gasteiger partial charge in [-0.3, -0.25) is 4.79 Å². The van der Waals surface area contributed by atoms with Gasteiger partial charge in [-0.2, -0.15) is 0 Å². The molecule has 7 heteroatoms. The number of carboxylic acids is 1. The number of aliphatic carboxylic acids is 1. The molecule has 136 valence electrons. The van der Waals surface area contributed by atoms with Crippen molar-refractivity contribution < 1.29 is 23.6 Å². The Bertz CT molecular complexity index is 685. The lowest BCUT2D eigenvalue weighted by atomic mass is 10.1. The molecule has 2 saturated carbocycles. The molecule has 2 aliphatic carbocycles. The SMILES string of the molecule is CC(C)(C)[S+]([O-])/N=C1\[C@H]2[C@@H](C[C@H]1OCc1ccc(F)cc1)[C@@H]2C(=O)O. The molecule has 1 unspecified atom stereocenters. The molecule has 0 aromatic heterocycles. The van der Waals surface area contributed by atoms with E-state index in [4.69, 9.17) is 4.74 Å². The van der Waals surface area contributed by atoms with Crippen molar-refractivity contribution in [3.63, 3.8) is 0 Å². The Kier molecular flexibility index (Phi) is 4.92. The van der Waals surface area contributed by atoms with E-state index in [1.807, 2.05) is 20.8 Å². The number of benzene rings is 1. The first-order valence-corrected chi connectivity index (χ1v) is 9.38. The Morgan fingerprint density at radius 3 is 2.60 bits per heavy atom. The molecule has 0 bridgehead atoms. The van der Waals surface area contributed by atoms with Crippen molar-refractivity contribution in [2.24, 2.45) is 22.2 Å². The molecule has 0 spiro atoms. The number of hydrogen-bond acceptors (Lipinski definition) is 4. The quantitative estimate of drug-likeness (QED) is 0.811. The van der Waals surface area contributed by atoms with Crippen LogP contribution in [0.3, 0.4) is 0 Å². The van der Waals surface area contributed by atoms with Crippen molar-refractivity contribution in [1.29, 1.82) is 0 Å². The highest BCUT2D eigenvalue weighted by Crippen LogP contribution is 2.57. The maximum Gasteiger partial charge on any atom is 0.307 e. The Labute approximate surface area is 149 Å². The minimum absolute atomic E-state index is 0.00596. The van der Waals surface area contributed by atoms with Crippen molar-refractivity contribution in [3.8, 4) is 0 Å². The average Bonchev–Trinajstić information content (AvgIpc) is 3.14. The molecule has 0 amide bonds. The van der Waals surface area contributed by atoms with E-state index < -0.39 is 28.0 Å². The van der Waals surface area contributed by atoms with Crippen LogP contribution in [-0.2, 0) is 27.5 Å². The molecule has 1 N–H and O–H groups in total. The lowest BCUT2D eigenvalue weighted by Gasteiger charge is -2.21. The Balaban J connectivity index is 1.73. The number of fused-ring (bicyclic) bond motifs is 1. The highest BCUT2D eigenvalue weighted by atomic mass is 32.2. The molecule has 1 aromatic rings. The molecule has 5 nitrogen and oxygen atoms in total. The average molecular weight is 367 g/mol. The van der Waals surface area contributed by atoms with Gasteiger partial charge in [-0.25, -0.2) is 4.39 Å². The van der Waals surface area contributed by atoms with Gasteiger partial charge in [0.25, 0.3) is 0 Å². The summed E-state index contributed by atoms with van der Waals surface area (Å²) >= 11 is -1.46. The summed E-state index contributed by atoms with van der Waals surface area (Å²) in [7, 11) is 0. The summed E-state index contributed by atoms with van der Waals surface area (Å²) in [5, 5.41) is 9.28. The molecular weight excluding hydrogens is 345 g/mol. The lowest BCUT2D eigenvalue weighted by molar-refractivity contribution is -0.139. The number of rotatable bonds is 5. The topological polar surface area (TPSA) is 82.0 Å². The highest BCUT2D eigenvalue weighted by molar-refractivity contribution is 7.91. The predicted octanol–water partition coefficient (Wildman–Crippen LogP) is 2.96. The first-order chi connectivity index (χ1) is 11.7. The molecule has 1 aromatic carbocycles. The molecule has 0 heterocycles. The number of nitrogens with zero attached hydrogens (tertiary/aromatic N) is 1. The van der Waals surface area contributed by atoms with Gasteiger partial charge in [0.1, 0.15) is 33.7 Å². The third-order valence-electron chi connectivity index (χ3n) is 4.69. The molecule has 0 saturated heterocycles. The van der Waals surface area contributed by atoms with Crippen LogP contribution in [0.5, 0.6) is 0 Å². The maximum absolute atomic E-state index is 13.0. The van der Waals surface area contributed by atoms with Crippen LogP contribution in [0, 0.1) is 23.6 Å². The van der Waals surface area contributed by atoms with Crippen LogP contribution in [0.1, 0.15) is 32.8 Å². The molecule has 2 fully saturated rings. The Hall–Kier alpha value is -1.44. The Morgan fingerprint density at radius 1 is 1.40 bits per heavy atom. The maximum atomic E-state index is 13.0. The summed E-state index contributed by atoms with van der Waals surface area (Å²) in [5.41, 5.74) is 1.43. The standard InChI is InChI=1S/C18H22FNO4S/c1-18(2,3)25(23)20-16-13(8-12-14(16)15(12)17(21)22)24-9-10-4-6-11(19)7-5-10/h4-7,12-15H,8-9H2,1-3H3,(H,21,22)/b20-16-/t12-,13-,14+,15+,25?/m1/s1. The van der Waals surface area contributed by atoms with Gasteiger partial charge >= 0.3 is 5.97 Å². The van der Waals surface area contributed by atoms with Crippen LogP contribution < -0.4 is 0 Å². The fourth-order valence-electron chi connectivity index (χ4n) is 3.27. The molecule has 0 aliphatic heterocycles. The summed E-state index contributed by atoms with van der Waals surface area (Å²) in [6.07, 6.45) is 0.241. The van der Waals surface area contributed by atoms with Crippen LogP contribution >= 0.6 is 0 Å². The van der Waals surface area contributed by atoms with Gasteiger partial charge in [-0.15, -0.1) is 0 Å². The largest absolute Gasteiger partial charge is 0.591 e. The molecule has 2 aliphatic rings. The fourth-order valence-corrected chi connectivity index (χ4v) is 3.98. The predicted molar refractivity (Wildman–Crippen MR) is 93.0 cm³/mol. The van der Waals surface area contributed by atoms with Crippen molar-refractivity contribution in [2.75, 3.05) is 0 Å². The van der Waals surface area contributed by atoms with Gasteiger partial charge in [0.05, 0.1) is 12.5 Å². The Morgan fingerprint density at radius 2 is 2.04 bits per heavy atom. The van der Waals surface area contributed by atoms with E-state index in [1.54, 1.807) is 12.1 Å². The van der Waals surface area contributed by atoms with Crippen molar-refractivity contribution in [3.05, 3.63) is 35.6 Å². The second kappa shape index (κ2) is 6.70. The number of halogens is 1. The van der Waals surface area contributed by atoms with Gasteiger partial charge in [0.15, 0.2) is 0 Å². The van der Waals surface area contributed by atoms with Gasteiger partial charge in [0, 0.05) is 5.92 Å². The van der Waals surface area contributed by atoms with Crippen molar-refractivity contribution in [1.82, 2.24) is 0 Å². The first-order valence-electron chi connectivity index (χ1n) is 8.28. The minimum Gasteiger partial charge on any atom is -0.591 e. The molecule has 5 atom stereocenters. The smallest absolute Gasteiger partial charge is 0.307 e. The zero-order valence-electron chi connectivity index (χ0n) is 14.4. The summed E-state index contributed by atoms with van der Waals surface area (Å²) in [5.74, 6) is -1.76. The molecule has 0 radical (unpaired) electrons. The van der Waals surface area contributed by atoms with E-state index in [0.717, 1.165) is 5.56 Å². The van der Waals surface area contributed by atoms with E-state index in [2.05, 4.69) is 4.40 Å². The second-order valence-electron chi connectivity index (χ2n) is 7.59. The minimum atomic E-state index is -1.46. The highest BCUT2D eigenvalue weighted by Gasteiger charge is 2.65. The number of carbonyl (C=O) groups is 1. The van der Waals surface area contributed by atoms with Crippen LogP contribution in [0.4, 0.5) is 4.39 Å². The van der Waals surface area contributed by atoms with Crippen LogP contribution in [0.25, 0.3) is 0 Å². The van der Waals surface area contributed by atoms with Crippen molar-refractivity contribution in [2.45, 2.75) is 44.6 Å². The number of carboxylic acid groups (broad SMARTS) is 1. The molecule has 25 heavy (non-hydrogen) atoms. The fraction of sp³-hybridized carbons (Fsp3) is 0.556. The van der Waals surface area contributed by atoms with E-state index in [-0.39, 0.29) is 30.4 Å². The van der Waals surface area contributed by atoms with E-state index in [1.165, 1.54) is 12.1 Å². The van der Waals surface area contributed by atoms with Crippen molar-refractivity contribution >= 4 is 23.0 Å². The normalized spacial score (nSPS) is 31.0. The van der Waals surface area contributed by atoms with Gasteiger partial charge < -0.3 is 14.4 Å². The number of ether oxygens (including phenoxy) is 1. The zero-order chi connectivity index (χ0) is 18.4. The summed E-state index contributed by atoms with van der Waals surface area (Å²) in [6.45, 7) is 5.77. The summed E-state index contributed by atoms with van der Waals surface area (Å²) in [6, 6.07) is 6.04. The van der Waals surface area contributed by atoms with E-state index in [9.17, 15) is 18.8 Å². The molecular formula is C18H22FNO4S. The monoisotopic (exact) mass is 367 g/mol. The zero-order valence-corrected chi connectivity index (χ0v) is 15.3. The molecule has 3 rings (SSSR count). The summed E-state index contributed by atoms with van der Waals surface area (Å²) in [4.78, 5) is 11.3. The van der Waals surface area contributed by atoms with Gasteiger partial charge in [-0.1, -0.05) is 16.5 Å². The number of hydrogen-bond donors (Lipinski definition) is 1. The van der Waals surface area contributed by atoms with Gasteiger partial charge in [0.2, 0.25) is 0 Å². The third-order valence-corrected chi connectivity index (χ3v) is 6.11. The van der Waals surface area contributed by atoms with Gasteiger partial charge in [-0.05, 0) is 50.8 Å². The van der Waals surface area contributed by atoms with Crippen LogP contribution in [0.15, 0.2) is 28.7 Å². The third kappa shape index (κ3) is 3.88. The first kappa shape index (κ1) is 18.4. The van der Waals surface area contributed by atoms with Crippen LogP contribution in [0.2, 0.25) is 0 Å².